The van der Waals surface area contributed by atoms with E-state index in [1.165, 1.54) is 0 Å². The first kappa shape index (κ1) is 16.4. The molecular weight excluding hydrogens is 330 g/mol. The Morgan fingerprint density at radius 2 is 1.65 bits per heavy atom. The summed E-state index contributed by atoms with van der Waals surface area (Å²) in [5, 5.41) is 3.28. The van der Waals surface area contributed by atoms with Crippen molar-refractivity contribution in [1.29, 1.82) is 0 Å². The van der Waals surface area contributed by atoms with Crippen molar-refractivity contribution in [2.45, 2.75) is 12.7 Å². The van der Waals surface area contributed by atoms with Crippen molar-refractivity contribution in [2.75, 3.05) is 14.2 Å². The Morgan fingerprint density at radius 1 is 1.04 bits per heavy atom. The largest absolute Gasteiger partial charge is 0.497 e. The lowest BCUT2D eigenvalue weighted by Crippen LogP contribution is -2.26. The van der Waals surface area contributed by atoms with Gasteiger partial charge in [-0.2, -0.15) is 0 Å². The number of methoxy groups -OCH3 is 2. The number of rotatable bonds is 5. The number of ketones is 1. The minimum Gasteiger partial charge on any atom is -0.497 e. The molecule has 1 unspecified atom stereocenters. The van der Waals surface area contributed by atoms with E-state index in [0.717, 1.165) is 28.5 Å². The van der Waals surface area contributed by atoms with Gasteiger partial charge in [0.15, 0.2) is 5.78 Å². The van der Waals surface area contributed by atoms with Gasteiger partial charge >= 0.3 is 0 Å². The van der Waals surface area contributed by atoms with Crippen molar-refractivity contribution >= 4 is 5.78 Å². The van der Waals surface area contributed by atoms with Crippen molar-refractivity contribution in [3.05, 3.63) is 66.1 Å². The van der Waals surface area contributed by atoms with E-state index in [-0.39, 0.29) is 5.78 Å². The molecule has 0 saturated heterocycles. The highest BCUT2D eigenvalue weighted by Crippen LogP contribution is 2.30. The van der Waals surface area contributed by atoms with Gasteiger partial charge in [-0.05, 0) is 48.5 Å². The lowest BCUT2D eigenvalue weighted by Gasteiger charge is -2.12. The van der Waals surface area contributed by atoms with Crippen LogP contribution in [-0.2, 0) is 6.54 Å². The van der Waals surface area contributed by atoms with Crippen molar-refractivity contribution < 1.29 is 14.3 Å². The minimum atomic E-state index is -0.446. The molecule has 2 heterocycles. The van der Waals surface area contributed by atoms with Crippen LogP contribution in [0.1, 0.15) is 22.2 Å². The lowest BCUT2D eigenvalue weighted by atomic mass is 10.1. The topological polar surface area (TPSA) is 65.4 Å². The zero-order valence-corrected chi connectivity index (χ0v) is 14.6. The molecule has 0 saturated carbocycles. The Morgan fingerprint density at radius 3 is 2.27 bits per heavy atom. The third kappa shape index (κ3) is 2.74. The molecule has 3 aromatic rings. The van der Waals surface area contributed by atoms with Gasteiger partial charge in [0.25, 0.3) is 0 Å². The molecule has 6 heteroatoms. The van der Waals surface area contributed by atoms with Crippen molar-refractivity contribution in [1.82, 2.24) is 14.9 Å². The van der Waals surface area contributed by atoms with Crippen molar-refractivity contribution in [2.24, 2.45) is 0 Å². The highest BCUT2D eigenvalue weighted by atomic mass is 16.5. The molecule has 2 aromatic carbocycles. The van der Waals surface area contributed by atoms with Crippen LogP contribution in [0.15, 0.2) is 54.9 Å². The first-order valence-electron chi connectivity index (χ1n) is 8.33. The van der Waals surface area contributed by atoms with Crippen molar-refractivity contribution in [3.63, 3.8) is 0 Å². The van der Waals surface area contributed by atoms with Gasteiger partial charge in [0.05, 0.1) is 31.9 Å². The Balaban J connectivity index is 1.61. The summed E-state index contributed by atoms with van der Waals surface area (Å²) in [5.41, 5.74) is 3.52. The molecule has 0 spiro atoms. The number of hydrogen-bond donors (Lipinski definition) is 1. The molecule has 26 heavy (non-hydrogen) atoms. The summed E-state index contributed by atoms with van der Waals surface area (Å²) in [7, 11) is 3.25. The Bertz CT molecular complexity index is 930. The van der Waals surface area contributed by atoms with E-state index in [1.54, 1.807) is 44.8 Å². The lowest BCUT2D eigenvalue weighted by molar-refractivity contribution is 0.0914. The van der Waals surface area contributed by atoms with Gasteiger partial charge in [-0.15, -0.1) is 0 Å². The fraction of sp³-hybridized carbons (Fsp3) is 0.200. The normalized spacial score (nSPS) is 15.5. The molecule has 6 nitrogen and oxygen atoms in total. The number of ether oxygens (including phenoxy) is 2. The third-order valence-electron chi connectivity index (χ3n) is 4.62. The van der Waals surface area contributed by atoms with Gasteiger partial charge in [0, 0.05) is 17.7 Å². The molecule has 4 rings (SSSR count). The highest BCUT2D eigenvalue weighted by Gasteiger charge is 2.31. The van der Waals surface area contributed by atoms with Crippen LogP contribution < -0.4 is 14.8 Å². The van der Waals surface area contributed by atoms with Crippen LogP contribution in [0.3, 0.4) is 0 Å². The number of nitrogens with one attached hydrogen (secondary N) is 1. The number of carbonyl (C=O) groups is 1. The summed E-state index contributed by atoms with van der Waals surface area (Å²) in [6.07, 6.45) is 1.28. The van der Waals surface area contributed by atoms with Gasteiger partial charge in [-0.1, -0.05) is 0 Å². The predicted molar refractivity (Wildman–Crippen MR) is 97.4 cm³/mol. The maximum Gasteiger partial charge on any atom is 0.200 e. The second-order valence-corrected chi connectivity index (χ2v) is 6.05. The number of hydrogen-bond acceptors (Lipinski definition) is 5. The van der Waals surface area contributed by atoms with Crippen molar-refractivity contribution in [3.8, 4) is 22.8 Å². The van der Waals surface area contributed by atoms with Gasteiger partial charge in [0.1, 0.15) is 17.7 Å². The number of benzene rings is 2. The molecule has 1 aliphatic rings. The van der Waals surface area contributed by atoms with E-state index in [0.29, 0.717) is 12.1 Å². The van der Waals surface area contributed by atoms with Gasteiger partial charge < -0.3 is 14.0 Å². The average Bonchev–Trinajstić information content (AvgIpc) is 3.30. The molecule has 1 aromatic heterocycles. The van der Waals surface area contributed by atoms with E-state index in [4.69, 9.17) is 9.47 Å². The van der Waals surface area contributed by atoms with E-state index in [9.17, 15) is 4.79 Å². The molecule has 0 amide bonds. The minimum absolute atomic E-state index is 0.00471. The summed E-state index contributed by atoms with van der Waals surface area (Å²) in [6.45, 7) is 0.591. The zero-order chi connectivity index (χ0) is 18.1. The maximum absolute atomic E-state index is 12.9. The third-order valence-corrected chi connectivity index (χ3v) is 4.62. The van der Waals surface area contributed by atoms with Gasteiger partial charge in [-0.3, -0.25) is 10.1 Å². The SMILES string of the molecule is COc1ccc(C(=O)C2NCc3c(-c4ccc(OC)cc4)ncn32)cc1. The summed E-state index contributed by atoms with van der Waals surface area (Å²) >= 11 is 0. The molecule has 0 aliphatic carbocycles. The highest BCUT2D eigenvalue weighted by molar-refractivity contribution is 5.99. The Labute approximate surface area is 151 Å². The van der Waals surface area contributed by atoms with Crippen LogP contribution in [0.2, 0.25) is 0 Å². The smallest absolute Gasteiger partial charge is 0.200 e. The first-order valence-corrected chi connectivity index (χ1v) is 8.33. The molecule has 0 radical (unpaired) electrons. The molecule has 0 bridgehead atoms. The fourth-order valence-corrected chi connectivity index (χ4v) is 3.20. The summed E-state index contributed by atoms with van der Waals surface area (Å²) in [5.74, 6) is 1.53. The molecule has 0 fully saturated rings. The van der Waals surface area contributed by atoms with Crippen LogP contribution >= 0.6 is 0 Å². The Kier molecular flexibility index (Phi) is 4.18. The summed E-state index contributed by atoms with van der Waals surface area (Å²) in [6, 6.07) is 14.9. The Hall–Kier alpha value is -3.12. The van der Waals surface area contributed by atoms with E-state index in [1.807, 2.05) is 28.8 Å². The van der Waals surface area contributed by atoms with Crippen LogP contribution in [0.4, 0.5) is 0 Å². The maximum atomic E-state index is 12.9. The number of nitrogens with zero attached hydrogens (tertiary/aromatic N) is 2. The first-order chi connectivity index (χ1) is 12.7. The monoisotopic (exact) mass is 349 g/mol. The summed E-state index contributed by atoms with van der Waals surface area (Å²) in [4.78, 5) is 17.4. The van der Waals surface area contributed by atoms with E-state index >= 15 is 0 Å². The molecule has 132 valence electrons. The molecular formula is C20H19N3O3. The number of Topliss-reactive ketones (excluding diaryl/α,β-unsaturated/α-hetero) is 1. The van der Waals surface area contributed by atoms with E-state index < -0.39 is 6.17 Å². The van der Waals surface area contributed by atoms with Crippen LogP contribution in [0.25, 0.3) is 11.3 Å². The molecule has 1 N–H and O–H groups in total. The zero-order valence-electron chi connectivity index (χ0n) is 14.6. The number of carbonyl (C=O) groups excluding carboxylic acids is 1. The number of aromatic nitrogens is 2. The second kappa shape index (κ2) is 6.65. The van der Waals surface area contributed by atoms with Crippen LogP contribution in [-0.4, -0.2) is 29.6 Å². The van der Waals surface area contributed by atoms with Gasteiger partial charge in [0.2, 0.25) is 0 Å². The number of fused-ring (bicyclic) bond motifs is 1. The molecule has 1 atom stereocenters. The van der Waals surface area contributed by atoms with Gasteiger partial charge in [-0.25, -0.2) is 4.98 Å². The predicted octanol–water partition coefficient (Wildman–Crippen LogP) is 3.05. The standard InChI is InChI=1S/C20H19N3O3/c1-25-15-7-3-13(4-8-15)18-17-11-21-20(23(17)12-22-18)19(24)14-5-9-16(26-2)10-6-14/h3-10,12,20-21H,11H2,1-2H3. The average molecular weight is 349 g/mol. The van der Waals surface area contributed by atoms with E-state index in [2.05, 4.69) is 10.3 Å². The quantitative estimate of drug-likeness (QED) is 0.717. The van der Waals surface area contributed by atoms with Crippen LogP contribution in [0.5, 0.6) is 11.5 Å². The summed E-state index contributed by atoms with van der Waals surface area (Å²) < 4.78 is 12.3. The number of imidazole rings is 1. The fourth-order valence-electron chi connectivity index (χ4n) is 3.20. The van der Waals surface area contributed by atoms with Crippen LogP contribution in [0, 0.1) is 0 Å². The second-order valence-electron chi connectivity index (χ2n) is 6.05. The molecule has 1 aliphatic heterocycles.